The van der Waals surface area contributed by atoms with Crippen LogP contribution < -0.4 is 0 Å². The minimum Gasteiger partial charge on any atom is -0.381 e. The zero-order chi connectivity index (χ0) is 15.4. The molecular formula is C18H38O2. The smallest absolute Gasteiger partial charge is 0.0670 e. The minimum absolute atomic E-state index is 0.0899. The molecule has 1 unspecified atom stereocenters. The molecule has 0 aromatic carbocycles. The van der Waals surface area contributed by atoms with Gasteiger partial charge in [0.1, 0.15) is 0 Å². The molecule has 0 aliphatic heterocycles. The van der Waals surface area contributed by atoms with Crippen LogP contribution in [0, 0.1) is 11.3 Å². The van der Waals surface area contributed by atoms with Gasteiger partial charge in [-0.2, -0.15) is 0 Å². The zero-order valence-corrected chi connectivity index (χ0v) is 14.8. The van der Waals surface area contributed by atoms with Crippen molar-refractivity contribution in [1.82, 2.24) is 0 Å². The van der Waals surface area contributed by atoms with E-state index in [-0.39, 0.29) is 11.5 Å². The van der Waals surface area contributed by atoms with E-state index in [0.717, 1.165) is 19.8 Å². The molecule has 0 saturated carbocycles. The summed E-state index contributed by atoms with van der Waals surface area (Å²) < 4.78 is 12.0. The van der Waals surface area contributed by atoms with E-state index in [0.29, 0.717) is 5.92 Å². The van der Waals surface area contributed by atoms with Crippen LogP contribution in [0.2, 0.25) is 0 Å². The molecule has 0 N–H and O–H groups in total. The molecule has 0 aromatic heterocycles. The predicted octanol–water partition coefficient (Wildman–Crippen LogP) is 5.45. The van der Waals surface area contributed by atoms with Crippen molar-refractivity contribution in [3.05, 3.63) is 0 Å². The molecule has 0 heterocycles. The number of hydrogen-bond acceptors (Lipinski definition) is 2. The first kappa shape index (κ1) is 19.9. The zero-order valence-electron chi connectivity index (χ0n) is 14.8. The fraction of sp³-hybridized carbons (Fsp3) is 1.00. The van der Waals surface area contributed by atoms with Crippen molar-refractivity contribution in [2.45, 2.75) is 86.2 Å². The van der Waals surface area contributed by atoms with Crippen LogP contribution in [0.1, 0.15) is 80.1 Å². The van der Waals surface area contributed by atoms with Crippen molar-refractivity contribution in [2.75, 3.05) is 19.8 Å². The molecule has 122 valence electrons. The Morgan fingerprint density at radius 2 is 1.40 bits per heavy atom. The molecule has 20 heavy (non-hydrogen) atoms. The normalized spacial score (nSPS) is 13.9. The van der Waals surface area contributed by atoms with Crippen LogP contribution in [0.4, 0.5) is 0 Å². The Morgan fingerprint density at radius 1 is 0.850 bits per heavy atom. The quantitative estimate of drug-likeness (QED) is 0.419. The van der Waals surface area contributed by atoms with Gasteiger partial charge in [0.2, 0.25) is 0 Å². The van der Waals surface area contributed by atoms with E-state index in [9.17, 15) is 0 Å². The Labute approximate surface area is 127 Å². The lowest BCUT2D eigenvalue weighted by atomic mass is 9.81. The summed E-state index contributed by atoms with van der Waals surface area (Å²) in [5.41, 5.74) is 0.0899. The van der Waals surface area contributed by atoms with Crippen LogP contribution in [0.5, 0.6) is 0 Å². The minimum atomic E-state index is 0.0899. The molecule has 0 bridgehead atoms. The summed E-state index contributed by atoms with van der Waals surface area (Å²) in [5, 5.41) is 0. The lowest BCUT2D eigenvalue weighted by molar-refractivity contribution is -0.0877. The average molecular weight is 286 g/mol. The second-order valence-corrected chi connectivity index (χ2v) is 6.99. The molecule has 2 nitrogen and oxygen atoms in total. The van der Waals surface area contributed by atoms with Gasteiger partial charge in [-0.3, -0.25) is 0 Å². The summed E-state index contributed by atoms with van der Waals surface area (Å²) in [6.45, 7) is 16.1. The predicted molar refractivity (Wildman–Crippen MR) is 88.2 cm³/mol. The Kier molecular flexibility index (Phi) is 11.5. The highest BCUT2D eigenvalue weighted by Crippen LogP contribution is 2.29. The molecule has 1 atom stereocenters. The SMILES string of the molecule is CCCCCOCC(C)(C)C(OCCCCC)C(C)C. The van der Waals surface area contributed by atoms with E-state index in [1.54, 1.807) is 0 Å². The average Bonchev–Trinajstić information content (AvgIpc) is 2.37. The third kappa shape index (κ3) is 8.97. The van der Waals surface area contributed by atoms with Gasteiger partial charge in [-0.15, -0.1) is 0 Å². The third-order valence-electron chi connectivity index (χ3n) is 3.79. The number of hydrogen-bond donors (Lipinski definition) is 0. The molecule has 0 aliphatic carbocycles. The Morgan fingerprint density at radius 3 is 1.90 bits per heavy atom. The molecule has 0 fully saturated rings. The van der Waals surface area contributed by atoms with E-state index in [4.69, 9.17) is 9.47 Å². The van der Waals surface area contributed by atoms with E-state index < -0.39 is 0 Å². The van der Waals surface area contributed by atoms with Crippen LogP contribution >= 0.6 is 0 Å². The molecule has 0 radical (unpaired) electrons. The van der Waals surface area contributed by atoms with Crippen LogP contribution in [-0.2, 0) is 9.47 Å². The van der Waals surface area contributed by atoms with Gasteiger partial charge >= 0.3 is 0 Å². The lowest BCUT2D eigenvalue weighted by Crippen LogP contribution is -2.40. The summed E-state index contributed by atoms with van der Waals surface area (Å²) in [6.07, 6.45) is 7.66. The van der Waals surface area contributed by atoms with Crippen LogP contribution in [-0.4, -0.2) is 25.9 Å². The molecule has 2 heteroatoms. The van der Waals surface area contributed by atoms with E-state index in [2.05, 4.69) is 41.5 Å². The number of unbranched alkanes of at least 4 members (excludes halogenated alkanes) is 4. The van der Waals surface area contributed by atoms with Gasteiger partial charge in [-0.1, -0.05) is 67.2 Å². The highest BCUT2D eigenvalue weighted by atomic mass is 16.5. The second kappa shape index (κ2) is 11.6. The summed E-state index contributed by atoms with van der Waals surface area (Å²) >= 11 is 0. The van der Waals surface area contributed by atoms with Crippen LogP contribution in [0.3, 0.4) is 0 Å². The monoisotopic (exact) mass is 286 g/mol. The van der Waals surface area contributed by atoms with Crippen molar-refractivity contribution >= 4 is 0 Å². The van der Waals surface area contributed by atoms with Crippen LogP contribution in [0.15, 0.2) is 0 Å². The molecule has 0 saturated heterocycles. The van der Waals surface area contributed by atoms with Crippen molar-refractivity contribution in [3.8, 4) is 0 Å². The van der Waals surface area contributed by atoms with Gasteiger partial charge in [-0.25, -0.2) is 0 Å². The highest BCUT2D eigenvalue weighted by molar-refractivity contribution is 4.81. The van der Waals surface area contributed by atoms with Crippen molar-refractivity contribution < 1.29 is 9.47 Å². The second-order valence-electron chi connectivity index (χ2n) is 6.99. The van der Waals surface area contributed by atoms with E-state index >= 15 is 0 Å². The fourth-order valence-electron chi connectivity index (χ4n) is 2.75. The topological polar surface area (TPSA) is 18.5 Å². The maximum atomic E-state index is 6.17. The van der Waals surface area contributed by atoms with Gasteiger partial charge in [0.25, 0.3) is 0 Å². The summed E-state index contributed by atoms with van der Waals surface area (Å²) in [6, 6.07) is 0. The molecule has 0 amide bonds. The third-order valence-corrected chi connectivity index (χ3v) is 3.79. The lowest BCUT2D eigenvalue weighted by Gasteiger charge is -2.36. The van der Waals surface area contributed by atoms with E-state index in [1.165, 1.54) is 38.5 Å². The Balaban J connectivity index is 4.11. The van der Waals surface area contributed by atoms with Crippen molar-refractivity contribution in [2.24, 2.45) is 11.3 Å². The Bertz CT molecular complexity index is 211. The fourth-order valence-corrected chi connectivity index (χ4v) is 2.75. The summed E-state index contributed by atoms with van der Waals surface area (Å²) in [7, 11) is 0. The summed E-state index contributed by atoms with van der Waals surface area (Å²) in [5.74, 6) is 0.533. The molecule has 0 spiro atoms. The maximum Gasteiger partial charge on any atom is 0.0670 e. The Hall–Kier alpha value is -0.0800. The molecular weight excluding hydrogens is 248 g/mol. The van der Waals surface area contributed by atoms with Crippen molar-refractivity contribution in [3.63, 3.8) is 0 Å². The van der Waals surface area contributed by atoms with E-state index in [1.807, 2.05) is 0 Å². The molecule has 0 rings (SSSR count). The number of rotatable bonds is 13. The van der Waals surface area contributed by atoms with Crippen LogP contribution in [0.25, 0.3) is 0 Å². The standard InChI is InChI=1S/C18H38O2/c1-7-9-11-13-19-15-18(5,6)17(16(3)4)20-14-12-10-8-2/h16-17H,7-15H2,1-6H3. The highest BCUT2D eigenvalue weighted by Gasteiger charge is 2.32. The largest absolute Gasteiger partial charge is 0.381 e. The first-order valence-electron chi connectivity index (χ1n) is 8.65. The molecule has 0 aromatic rings. The van der Waals surface area contributed by atoms with Gasteiger partial charge in [0.05, 0.1) is 12.7 Å². The first-order chi connectivity index (χ1) is 9.45. The molecule has 0 aliphatic rings. The van der Waals surface area contributed by atoms with Gasteiger partial charge in [-0.05, 0) is 18.8 Å². The van der Waals surface area contributed by atoms with Gasteiger partial charge < -0.3 is 9.47 Å². The van der Waals surface area contributed by atoms with Gasteiger partial charge in [0.15, 0.2) is 0 Å². The van der Waals surface area contributed by atoms with Crippen molar-refractivity contribution in [1.29, 1.82) is 0 Å². The summed E-state index contributed by atoms with van der Waals surface area (Å²) in [4.78, 5) is 0. The first-order valence-corrected chi connectivity index (χ1v) is 8.65. The number of ether oxygens (including phenoxy) is 2. The van der Waals surface area contributed by atoms with Gasteiger partial charge in [0, 0.05) is 18.6 Å². The maximum absolute atomic E-state index is 6.17.